The molecule has 3 nitrogen and oxygen atoms in total. The van der Waals surface area contributed by atoms with Crippen molar-refractivity contribution in [3.05, 3.63) is 36.1 Å². The van der Waals surface area contributed by atoms with Crippen LogP contribution in [-0.2, 0) is 4.74 Å². The van der Waals surface area contributed by atoms with Crippen molar-refractivity contribution in [2.45, 2.75) is 12.2 Å². The van der Waals surface area contributed by atoms with Crippen molar-refractivity contribution in [2.75, 3.05) is 20.3 Å². The maximum atomic E-state index is 12.0. The van der Waals surface area contributed by atoms with E-state index in [1.54, 1.807) is 13.1 Å². The summed E-state index contributed by atoms with van der Waals surface area (Å²) in [5.41, 5.74) is 0.702. The van der Waals surface area contributed by atoms with Crippen molar-refractivity contribution in [1.29, 1.82) is 0 Å². The number of likely N-dealkylation sites (N-methyl/N-ethyl adjacent to an activating group) is 1. The first-order chi connectivity index (χ1) is 8.99. The molecule has 0 aliphatic carbocycles. The molecule has 0 spiro atoms. The number of furan rings is 1. The van der Waals surface area contributed by atoms with Gasteiger partial charge in [-0.1, -0.05) is 18.2 Å². The standard InChI is InChI=1S/C13H14F3NO2/c1-17-10(7-18-8-13(14,15)16)12-6-9-4-2-3-5-11(9)19-12/h2-6,10,17H,7-8H2,1H3. The number of hydrogen-bond donors (Lipinski definition) is 1. The predicted octanol–water partition coefficient (Wildman–Crippen LogP) is 3.27. The van der Waals surface area contributed by atoms with Crippen LogP contribution in [0.15, 0.2) is 34.7 Å². The monoisotopic (exact) mass is 273 g/mol. The molecule has 0 saturated heterocycles. The number of para-hydroxylation sites is 1. The molecule has 1 aromatic carbocycles. The molecule has 0 amide bonds. The smallest absolute Gasteiger partial charge is 0.411 e. The number of halogens is 3. The fourth-order valence-electron chi connectivity index (χ4n) is 1.77. The zero-order valence-corrected chi connectivity index (χ0v) is 10.3. The Morgan fingerprint density at radius 2 is 2.05 bits per heavy atom. The van der Waals surface area contributed by atoms with Gasteiger partial charge in [0.25, 0.3) is 0 Å². The lowest BCUT2D eigenvalue weighted by atomic mass is 10.2. The summed E-state index contributed by atoms with van der Waals surface area (Å²) in [5, 5.41) is 3.79. The molecule has 19 heavy (non-hydrogen) atoms. The highest BCUT2D eigenvalue weighted by molar-refractivity contribution is 5.77. The first-order valence-corrected chi connectivity index (χ1v) is 5.80. The minimum absolute atomic E-state index is 0.101. The molecule has 104 valence electrons. The molecule has 2 aromatic rings. The average molecular weight is 273 g/mol. The highest BCUT2D eigenvalue weighted by atomic mass is 19.4. The van der Waals surface area contributed by atoms with Crippen LogP contribution in [0.25, 0.3) is 11.0 Å². The summed E-state index contributed by atoms with van der Waals surface area (Å²) in [5.74, 6) is 0.561. The molecule has 6 heteroatoms. The number of nitrogens with one attached hydrogen (secondary N) is 1. The first-order valence-electron chi connectivity index (χ1n) is 5.80. The van der Waals surface area contributed by atoms with Gasteiger partial charge in [0.15, 0.2) is 0 Å². The third-order valence-electron chi connectivity index (χ3n) is 2.69. The Morgan fingerprint density at radius 3 is 2.68 bits per heavy atom. The van der Waals surface area contributed by atoms with Crippen LogP contribution in [0.5, 0.6) is 0 Å². The molecule has 1 N–H and O–H groups in total. The van der Waals surface area contributed by atoms with E-state index >= 15 is 0 Å². The Kier molecular flexibility index (Phi) is 4.11. The van der Waals surface area contributed by atoms with Crippen molar-refractivity contribution in [3.8, 4) is 0 Å². The summed E-state index contributed by atoms with van der Waals surface area (Å²) in [6, 6.07) is 8.79. The molecule has 1 aromatic heterocycles. The molecule has 0 fully saturated rings. The van der Waals surface area contributed by atoms with E-state index in [2.05, 4.69) is 10.1 Å². The van der Waals surface area contributed by atoms with Crippen LogP contribution in [-0.4, -0.2) is 26.4 Å². The van der Waals surface area contributed by atoms with Crippen LogP contribution in [0.4, 0.5) is 13.2 Å². The molecule has 2 rings (SSSR count). The van der Waals surface area contributed by atoms with Crippen molar-refractivity contribution < 1.29 is 22.3 Å². The molecule has 0 saturated carbocycles. The van der Waals surface area contributed by atoms with Crippen molar-refractivity contribution in [3.63, 3.8) is 0 Å². The maximum absolute atomic E-state index is 12.0. The highest BCUT2D eigenvalue weighted by Crippen LogP contribution is 2.24. The van der Waals surface area contributed by atoms with E-state index in [0.717, 1.165) is 5.39 Å². The normalized spacial score (nSPS) is 13.9. The molecular weight excluding hydrogens is 259 g/mol. The van der Waals surface area contributed by atoms with Crippen LogP contribution in [0.3, 0.4) is 0 Å². The SMILES string of the molecule is CNC(COCC(F)(F)F)c1cc2ccccc2o1. The van der Waals surface area contributed by atoms with Crippen molar-refractivity contribution in [2.24, 2.45) is 0 Å². The van der Waals surface area contributed by atoms with Gasteiger partial charge in [0, 0.05) is 5.39 Å². The quantitative estimate of drug-likeness (QED) is 0.908. The molecule has 0 bridgehead atoms. The Bertz CT molecular complexity index is 503. The summed E-state index contributed by atoms with van der Waals surface area (Å²) in [6.45, 7) is -1.36. The fourth-order valence-corrected chi connectivity index (χ4v) is 1.77. The molecule has 0 radical (unpaired) electrons. The zero-order chi connectivity index (χ0) is 13.9. The van der Waals surface area contributed by atoms with Gasteiger partial charge in [-0.15, -0.1) is 0 Å². The lowest BCUT2D eigenvalue weighted by Crippen LogP contribution is -2.25. The van der Waals surface area contributed by atoms with E-state index in [9.17, 15) is 13.2 Å². The van der Waals surface area contributed by atoms with Crippen LogP contribution < -0.4 is 5.32 Å². The minimum atomic E-state index is -4.31. The molecule has 1 atom stereocenters. The first kappa shape index (κ1) is 13.9. The van der Waals surface area contributed by atoms with Gasteiger partial charge in [-0.2, -0.15) is 13.2 Å². The number of hydrogen-bond acceptors (Lipinski definition) is 3. The largest absolute Gasteiger partial charge is 0.459 e. The lowest BCUT2D eigenvalue weighted by molar-refractivity contribution is -0.175. The van der Waals surface area contributed by atoms with Gasteiger partial charge in [-0.3, -0.25) is 0 Å². The van der Waals surface area contributed by atoms with Crippen LogP contribution in [0, 0.1) is 0 Å². The Labute approximate surface area is 108 Å². The fraction of sp³-hybridized carbons (Fsp3) is 0.385. The highest BCUT2D eigenvalue weighted by Gasteiger charge is 2.28. The van der Waals surface area contributed by atoms with Gasteiger partial charge in [0.2, 0.25) is 0 Å². The summed E-state index contributed by atoms with van der Waals surface area (Å²) in [4.78, 5) is 0. The number of benzene rings is 1. The van der Waals surface area contributed by atoms with Gasteiger partial charge in [-0.05, 0) is 19.2 Å². The van der Waals surface area contributed by atoms with Gasteiger partial charge < -0.3 is 14.5 Å². The Hall–Kier alpha value is -1.53. The van der Waals surface area contributed by atoms with E-state index in [4.69, 9.17) is 4.42 Å². The zero-order valence-electron chi connectivity index (χ0n) is 10.3. The molecule has 1 unspecified atom stereocenters. The van der Waals surface area contributed by atoms with E-state index in [1.165, 1.54) is 0 Å². The summed E-state index contributed by atoms with van der Waals surface area (Å²) >= 11 is 0. The number of fused-ring (bicyclic) bond motifs is 1. The number of alkyl halides is 3. The molecule has 0 aliphatic heterocycles. The molecular formula is C13H14F3NO2. The third-order valence-corrected chi connectivity index (χ3v) is 2.69. The van der Waals surface area contributed by atoms with E-state index < -0.39 is 18.8 Å². The second-order valence-corrected chi connectivity index (χ2v) is 4.16. The van der Waals surface area contributed by atoms with Crippen LogP contribution in [0.2, 0.25) is 0 Å². The molecule has 1 heterocycles. The van der Waals surface area contributed by atoms with Gasteiger partial charge >= 0.3 is 6.18 Å². The van der Waals surface area contributed by atoms with Gasteiger partial charge in [0.1, 0.15) is 18.0 Å². The summed E-state index contributed by atoms with van der Waals surface area (Å²) in [7, 11) is 1.65. The van der Waals surface area contributed by atoms with Crippen LogP contribution >= 0.6 is 0 Å². The van der Waals surface area contributed by atoms with Gasteiger partial charge in [-0.25, -0.2) is 0 Å². The van der Waals surface area contributed by atoms with Crippen molar-refractivity contribution >= 4 is 11.0 Å². The van der Waals surface area contributed by atoms with E-state index in [0.29, 0.717) is 11.3 Å². The van der Waals surface area contributed by atoms with E-state index in [-0.39, 0.29) is 6.61 Å². The Morgan fingerprint density at radius 1 is 1.32 bits per heavy atom. The second-order valence-electron chi connectivity index (χ2n) is 4.16. The third kappa shape index (κ3) is 3.71. The molecule has 0 aliphatic rings. The number of rotatable bonds is 5. The average Bonchev–Trinajstić information content (AvgIpc) is 2.76. The van der Waals surface area contributed by atoms with Crippen LogP contribution in [0.1, 0.15) is 11.8 Å². The maximum Gasteiger partial charge on any atom is 0.411 e. The summed E-state index contributed by atoms with van der Waals surface area (Å²) < 4.78 is 46.3. The Balaban J connectivity index is 2.04. The second kappa shape index (κ2) is 5.63. The summed E-state index contributed by atoms with van der Waals surface area (Å²) in [6.07, 6.45) is -4.31. The van der Waals surface area contributed by atoms with Gasteiger partial charge in [0.05, 0.1) is 12.6 Å². The lowest BCUT2D eigenvalue weighted by Gasteiger charge is -2.14. The number of ether oxygens (including phenoxy) is 1. The van der Waals surface area contributed by atoms with E-state index in [1.807, 2.05) is 24.3 Å². The minimum Gasteiger partial charge on any atom is -0.459 e. The topological polar surface area (TPSA) is 34.4 Å². The predicted molar refractivity (Wildman–Crippen MR) is 64.9 cm³/mol. The van der Waals surface area contributed by atoms with Crippen molar-refractivity contribution in [1.82, 2.24) is 5.32 Å².